The molecule has 16 heavy (non-hydrogen) atoms. The third-order valence-corrected chi connectivity index (χ3v) is 1.59. The van der Waals surface area contributed by atoms with Crippen LogP contribution in [0.5, 0.6) is 5.75 Å². The quantitative estimate of drug-likeness (QED) is 0.594. The largest absolute Gasteiger partial charge is 0.573 e. The van der Waals surface area contributed by atoms with Crippen molar-refractivity contribution in [2.45, 2.75) is 6.36 Å². The van der Waals surface area contributed by atoms with E-state index in [0.717, 1.165) is 12.1 Å². The summed E-state index contributed by atoms with van der Waals surface area (Å²) in [5, 5.41) is 10.4. The van der Waals surface area contributed by atoms with E-state index in [4.69, 9.17) is 0 Å². The average Bonchev–Trinajstić information content (AvgIpc) is 2.14. The first kappa shape index (κ1) is 12.0. The van der Waals surface area contributed by atoms with Crippen molar-refractivity contribution < 1.29 is 22.8 Å². The molecule has 1 radical (unpaired) electrons. The van der Waals surface area contributed by atoms with Gasteiger partial charge in [0, 0.05) is 6.07 Å². The fourth-order valence-corrected chi connectivity index (χ4v) is 0.981. The molecule has 0 aliphatic carbocycles. The maximum absolute atomic E-state index is 11.9. The van der Waals surface area contributed by atoms with Crippen LogP contribution in [0.1, 0.15) is 5.56 Å². The number of hydrogen-bond acceptors (Lipinski definition) is 3. The zero-order valence-electron chi connectivity index (χ0n) is 7.75. The zero-order valence-corrected chi connectivity index (χ0v) is 7.75. The fraction of sp³-hybridized carbons (Fsp3) is 0.111. The lowest BCUT2D eigenvalue weighted by Crippen LogP contribution is -2.18. The van der Waals surface area contributed by atoms with Gasteiger partial charge < -0.3 is 4.74 Å². The number of halogens is 3. The van der Waals surface area contributed by atoms with Gasteiger partial charge in [0.2, 0.25) is 5.75 Å². The van der Waals surface area contributed by atoms with E-state index in [0.29, 0.717) is 0 Å². The summed E-state index contributed by atoms with van der Waals surface area (Å²) in [6.45, 7) is 3.21. The van der Waals surface area contributed by atoms with Crippen LogP contribution in [0, 0.1) is 16.2 Å². The van der Waals surface area contributed by atoms with Gasteiger partial charge in [0.1, 0.15) is 0 Å². The Balaban J connectivity index is 3.20. The lowest BCUT2D eigenvalue weighted by Gasteiger charge is -2.09. The molecule has 0 heterocycles. The minimum absolute atomic E-state index is 0.171. The van der Waals surface area contributed by atoms with Crippen molar-refractivity contribution >= 4 is 5.69 Å². The highest BCUT2D eigenvalue weighted by Crippen LogP contribution is 2.32. The summed E-state index contributed by atoms with van der Waals surface area (Å²) in [6, 6.07) is 2.96. The second-order valence-corrected chi connectivity index (χ2v) is 2.66. The summed E-state index contributed by atoms with van der Waals surface area (Å²) < 4.78 is 39.3. The summed E-state index contributed by atoms with van der Waals surface area (Å²) >= 11 is 0. The molecule has 0 bridgehead atoms. The molecule has 0 spiro atoms. The molecule has 0 aliphatic heterocycles. The van der Waals surface area contributed by atoms with E-state index in [1.165, 1.54) is 6.07 Å². The number of rotatable bonds is 3. The Morgan fingerprint density at radius 2 is 2.06 bits per heavy atom. The molecule has 85 valence electrons. The fourth-order valence-electron chi connectivity index (χ4n) is 0.981. The molecule has 0 aliphatic rings. The molecular formula is C9H5F3NO3. The Bertz CT molecular complexity index is 428. The third kappa shape index (κ3) is 2.97. The van der Waals surface area contributed by atoms with Crippen molar-refractivity contribution in [1.29, 1.82) is 0 Å². The first-order valence-corrected chi connectivity index (χ1v) is 3.91. The highest BCUT2D eigenvalue weighted by molar-refractivity contribution is 5.49. The van der Waals surface area contributed by atoms with Gasteiger partial charge in [-0.1, -0.05) is 6.58 Å². The van der Waals surface area contributed by atoms with Crippen molar-refractivity contribution in [1.82, 2.24) is 0 Å². The summed E-state index contributed by atoms with van der Waals surface area (Å²) in [4.78, 5) is 9.47. The van der Waals surface area contributed by atoms with Gasteiger partial charge in [0.25, 0.3) is 0 Å². The first-order valence-electron chi connectivity index (χ1n) is 3.91. The molecule has 7 heteroatoms. The Labute approximate surface area is 88.1 Å². The molecular weight excluding hydrogens is 227 g/mol. The molecule has 1 rings (SSSR count). The predicted octanol–water partition coefficient (Wildman–Crippen LogP) is 2.83. The van der Waals surface area contributed by atoms with Crippen LogP contribution in [0.4, 0.5) is 18.9 Å². The van der Waals surface area contributed by atoms with E-state index in [1.807, 2.05) is 0 Å². The first-order chi connectivity index (χ1) is 7.33. The van der Waals surface area contributed by atoms with E-state index in [2.05, 4.69) is 17.4 Å². The van der Waals surface area contributed by atoms with Crippen LogP contribution < -0.4 is 4.74 Å². The number of hydrogen-bond donors (Lipinski definition) is 0. The van der Waals surface area contributed by atoms with Crippen LogP contribution in [0.15, 0.2) is 24.8 Å². The molecule has 0 saturated heterocycles. The number of alkyl halides is 3. The third-order valence-electron chi connectivity index (χ3n) is 1.59. The molecule has 0 unspecified atom stereocenters. The highest BCUT2D eigenvalue weighted by atomic mass is 19.4. The SMILES string of the molecule is C=[C]c1ccc([N+](=O)[O-])c(OC(F)(F)F)c1. The van der Waals surface area contributed by atoms with Crippen LogP contribution >= 0.6 is 0 Å². The van der Waals surface area contributed by atoms with Gasteiger partial charge in [-0.2, -0.15) is 0 Å². The van der Waals surface area contributed by atoms with E-state index in [9.17, 15) is 23.3 Å². The molecule has 4 nitrogen and oxygen atoms in total. The topological polar surface area (TPSA) is 52.4 Å². The summed E-state index contributed by atoms with van der Waals surface area (Å²) in [5.74, 6) is -0.883. The predicted molar refractivity (Wildman–Crippen MR) is 47.8 cm³/mol. The van der Waals surface area contributed by atoms with Gasteiger partial charge in [-0.3, -0.25) is 10.1 Å². The van der Waals surface area contributed by atoms with Crippen molar-refractivity contribution in [2.75, 3.05) is 0 Å². The van der Waals surface area contributed by atoms with Crippen molar-refractivity contribution in [3.63, 3.8) is 0 Å². The second-order valence-electron chi connectivity index (χ2n) is 2.66. The summed E-state index contributed by atoms with van der Waals surface area (Å²) in [7, 11) is 0. The number of nitro benzene ring substituents is 1. The van der Waals surface area contributed by atoms with Crippen molar-refractivity contribution in [3.05, 3.63) is 46.5 Å². The minimum atomic E-state index is -4.98. The Morgan fingerprint density at radius 3 is 2.50 bits per heavy atom. The molecule has 0 fully saturated rings. The molecule has 0 N–H and O–H groups in total. The number of nitro groups is 1. The standard InChI is InChI=1S/C9H5F3NO3/c1-2-6-3-4-7(13(14)15)8(5-6)16-9(10,11)12/h3-5H,1H2. The average molecular weight is 232 g/mol. The zero-order chi connectivity index (χ0) is 12.3. The monoisotopic (exact) mass is 232 g/mol. The van der Waals surface area contributed by atoms with Crippen LogP contribution in [-0.4, -0.2) is 11.3 Å². The highest BCUT2D eigenvalue weighted by Gasteiger charge is 2.34. The van der Waals surface area contributed by atoms with Crippen molar-refractivity contribution in [3.8, 4) is 5.75 Å². The second kappa shape index (κ2) is 4.21. The van der Waals surface area contributed by atoms with E-state index >= 15 is 0 Å². The maximum atomic E-state index is 11.9. The Hall–Kier alpha value is -2.05. The molecule has 1 aromatic rings. The Morgan fingerprint density at radius 1 is 1.44 bits per heavy atom. The van der Waals surface area contributed by atoms with Crippen molar-refractivity contribution in [2.24, 2.45) is 0 Å². The van der Waals surface area contributed by atoms with E-state index in [-0.39, 0.29) is 5.56 Å². The van der Waals surface area contributed by atoms with Gasteiger partial charge in [0.05, 0.1) is 4.92 Å². The van der Waals surface area contributed by atoms with Gasteiger partial charge in [0.15, 0.2) is 0 Å². The minimum Gasteiger partial charge on any atom is -0.398 e. The van der Waals surface area contributed by atoms with Gasteiger partial charge in [-0.15, -0.1) is 13.2 Å². The van der Waals surface area contributed by atoms with Gasteiger partial charge in [-0.25, -0.2) is 0 Å². The Kier molecular flexibility index (Phi) is 3.17. The lowest BCUT2D eigenvalue weighted by molar-refractivity contribution is -0.388. The normalized spacial score (nSPS) is 10.9. The summed E-state index contributed by atoms with van der Waals surface area (Å²) in [6.07, 6.45) is -2.68. The number of benzene rings is 1. The molecule has 0 amide bonds. The van der Waals surface area contributed by atoms with Crippen LogP contribution in [0.25, 0.3) is 0 Å². The molecule has 1 aromatic carbocycles. The van der Waals surface area contributed by atoms with Crippen LogP contribution in [-0.2, 0) is 0 Å². The number of ether oxygens (including phenoxy) is 1. The van der Waals surface area contributed by atoms with Gasteiger partial charge >= 0.3 is 12.0 Å². The van der Waals surface area contributed by atoms with Crippen LogP contribution in [0.2, 0.25) is 0 Å². The number of nitrogens with zero attached hydrogens (tertiary/aromatic N) is 1. The summed E-state index contributed by atoms with van der Waals surface area (Å²) in [5.41, 5.74) is -0.596. The smallest absolute Gasteiger partial charge is 0.398 e. The van der Waals surface area contributed by atoms with Gasteiger partial charge in [-0.05, 0) is 23.8 Å². The molecule has 0 atom stereocenters. The van der Waals surface area contributed by atoms with Crippen LogP contribution in [0.3, 0.4) is 0 Å². The molecule has 0 saturated carbocycles. The maximum Gasteiger partial charge on any atom is 0.573 e. The lowest BCUT2D eigenvalue weighted by atomic mass is 10.2. The van der Waals surface area contributed by atoms with E-state index in [1.54, 1.807) is 0 Å². The van der Waals surface area contributed by atoms with E-state index < -0.39 is 22.7 Å². The molecule has 0 aromatic heterocycles.